The molecule has 28 heavy (non-hydrogen) atoms. The van der Waals surface area contributed by atoms with Crippen molar-refractivity contribution in [1.29, 1.82) is 0 Å². The molecule has 5 rings (SSSR count). The van der Waals surface area contributed by atoms with Crippen LogP contribution in [0.2, 0.25) is 5.02 Å². The van der Waals surface area contributed by atoms with Crippen LogP contribution < -0.4 is 10.1 Å². The summed E-state index contributed by atoms with van der Waals surface area (Å²) in [6.07, 6.45) is 5.85. The molecule has 3 aromatic carbocycles. The highest BCUT2D eigenvalue weighted by Crippen LogP contribution is 2.49. The highest BCUT2D eigenvalue weighted by molar-refractivity contribution is 6.30. The van der Waals surface area contributed by atoms with Crippen LogP contribution in [0.15, 0.2) is 54.6 Å². The van der Waals surface area contributed by atoms with Crippen LogP contribution in [0.3, 0.4) is 0 Å². The van der Waals surface area contributed by atoms with Gasteiger partial charge in [-0.2, -0.15) is 0 Å². The smallest absolute Gasteiger partial charge is 0.127 e. The van der Waals surface area contributed by atoms with Crippen molar-refractivity contribution in [3.63, 3.8) is 0 Å². The van der Waals surface area contributed by atoms with Gasteiger partial charge in [0.2, 0.25) is 0 Å². The van der Waals surface area contributed by atoms with Gasteiger partial charge in [0.05, 0.1) is 0 Å². The average molecular weight is 392 g/mol. The minimum absolute atomic E-state index is 0.0119. The Hall–Kier alpha value is -2.03. The Morgan fingerprint density at radius 3 is 2.71 bits per heavy atom. The van der Waals surface area contributed by atoms with Crippen LogP contribution in [0.25, 0.3) is 10.8 Å². The first-order valence-electron chi connectivity index (χ1n) is 10.3. The second-order valence-corrected chi connectivity index (χ2v) is 8.85. The second kappa shape index (κ2) is 7.09. The molecular weight excluding hydrogens is 366 g/mol. The van der Waals surface area contributed by atoms with Gasteiger partial charge in [-0.3, -0.25) is 0 Å². The molecule has 0 aromatic heterocycles. The standard InChI is InChI=1S/C25H26ClNO/c1-17-13-20(26)14-22-23(15-25(28-24(17)22)11-4-5-12-25)27-16-19-9-6-8-18-7-2-3-10-21(18)19/h2-3,6-10,13-14,23,27H,4-5,11-12,15-16H2,1H3/t23-/m1/s1. The molecule has 1 heterocycles. The summed E-state index contributed by atoms with van der Waals surface area (Å²) in [6.45, 7) is 2.95. The lowest BCUT2D eigenvalue weighted by Gasteiger charge is -2.41. The number of fused-ring (bicyclic) bond motifs is 2. The molecular formula is C25H26ClNO. The van der Waals surface area contributed by atoms with E-state index in [2.05, 4.69) is 60.8 Å². The van der Waals surface area contributed by atoms with Crippen molar-refractivity contribution < 1.29 is 4.74 Å². The van der Waals surface area contributed by atoms with Gasteiger partial charge in [0.15, 0.2) is 0 Å². The van der Waals surface area contributed by atoms with E-state index in [1.807, 2.05) is 6.07 Å². The Morgan fingerprint density at radius 2 is 1.86 bits per heavy atom. The topological polar surface area (TPSA) is 21.3 Å². The summed E-state index contributed by atoms with van der Waals surface area (Å²) < 4.78 is 6.62. The zero-order valence-electron chi connectivity index (χ0n) is 16.3. The Balaban J connectivity index is 1.48. The van der Waals surface area contributed by atoms with Crippen LogP contribution in [-0.2, 0) is 6.54 Å². The lowest BCUT2D eigenvalue weighted by molar-refractivity contribution is 0.0357. The van der Waals surface area contributed by atoms with E-state index in [0.717, 1.165) is 42.1 Å². The highest BCUT2D eigenvalue weighted by Gasteiger charge is 2.43. The van der Waals surface area contributed by atoms with E-state index >= 15 is 0 Å². The predicted molar refractivity (Wildman–Crippen MR) is 116 cm³/mol. The third-order valence-electron chi connectivity index (χ3n) is 6.47. The molecule has 1 saturated carbocycles. The van der Waals surface area contributed by atoms with Gasteiger partial charge < -0.3 is 10.1 Å². The summed E-state index contributed by atoms with van der Waals surface area (Å²) in [5.41, 5.74) is 3.68. The molecule has 3 aromatic rings. The van der Waals surface area contributed by atoms with Crippen molar-refractivity contribution in [3.8, 4) is 5.75 Å². The molecule has 2 nitrogen and oxygen atoms in total. The highest BCUT2D eigenvalue weighted by atomic mass is 35.5. The van der Waals surface area contributed by atoms with E-state index in [-0.39, 0.29) is 11.6 Å². The first-order chi connectivity index (χ1) is 13.6. The van der Waals surface area contributed by atoms with E-state index in [1.165, 1.54) is 34.7 Å². The molecule has 1 aliphatic heterocycles. The van der Waals surface area contributed by atoms with Gasteiger partial charge in [0, 0.05) is 29.6 Å². The fourth-order valence-corrected chi connectivity index (χ4v) is 5.36. The van der Waals surface area contributed by atoms with Crippen molar-refractivity contribution >= 4 is 22.4 Å². The van der Waals surface area contributed by atoms with Crippen LogP contribution >= 0.6 is 11.6 Å². The molecule has 0 bridgehead atoms. The number of hydrogen-bond acceptors (Lipinski definition) is 2. The third-order valence-corrected chi connectivity index (χ3v) is 6.69. The van der Waals surface area contributed by atoms with Crippen LogP contribution in [0.4, 0.5) is 0 Å². The molecule has 0 amide bonds. The number of rotatable bonds is 3. The number of hydrogen-bond donors (Lipinski definition) is 1. The third kappa shape index (κ3) is 3.19. The fourth-order valence-electron chi connectivity index (χ4n) is 5.08. The predicted octanol–water partition coefficient (Wildman–Crippen LogP) is 6.73. The molecule has 0 radical (unpaired) electrons. The van der Waals surface area contributed by atoms with Crippen molar-refractivity contribution in [3.05, 3.63) is 76.3 Å². The number of nitrogens with one attached hydrogen (secondary N) is 1. The van der Waals surface area contributed by atoms with Crippen LogP contribution in [-0.4, -0.2) is 5.60 Å². The summed E-state index contributed by atoms with van der Waals surface area (Å²) in [5, 5.41) is 7.26. The second-order valence-electron chi connectivity index (χ2n) is 8.41. The lowest BCUT2D eigenvalue weighted by Crippen LogP contribution is -2.42. The molecule has 1 spiro atoms. The molecule has 1 atom stereocenters. The summed E-state index contributed by atoms with van der Waals surface area (Å²) >= 11 is 6.41. The normalized spacial score (nSPS) is 20.3. The van der Waals surface area contributed by atoms with Crippen LogP contribution in [0.1, 0.15) is 54.8 Å². The summed E-state index contributed by atoms with van der Waals surface area (Å²) in [6, 6.07) is 19.5. The fraction of sp³-hybridized carbons (Fsp3) is 0.360. The molecule has 2 aliphatic rings. The van der Waals surface area contributed by atoms with Crippen LogP contribution in [0, 0.1) is 6.92 Å². The van der Waals surface area contributed by atoms with Crippen molar-refractivity contribution in [1.82, 2.24) is 5.32 Å². The van der Waals surface area contributed by atoms with Gasteiger partial charge in [-0.15, -0.1) is 0 Å². The first kappa shape index (κ1) is 18.0. The molecule has 144 valence electrons. The number of aryl methyl sites for hydroxylation is 1. The molecule has 1 fully saturated rings. The average Bonchev–Trinajstić information content (AvgIpc) is 3.14. The Labute approximate surface area is 171 Å². The summed E-state index contributed by atoms with van der Waals surface area (Å²) in [7, 11) is 0. The van der Waals surface area contributed by atoms with Gasteiger partial charge in [0.1, 0.15) is 11.4 Å². The van der Waals surface area contributed by atoms with Crippen LogP contribution in [0.5, 0.6) is 5.75 Å². The van der Waals surface area contributed by atoms with Gasteiger partial charge in [-0.1, -0.05) is 54.1 Å². The Bertz CT molecular complexity index is 1020. The Morgan fingerprint density at radius 1 is 1.07 bits per heavy atom. The molecule has 0 saturated heterocycles. The van der Waals surface area contributed by atoms with E-state index in [4.69, 9.17) is 16.3 Å². The zero-order chi connectivity index (χ0) is 19.1. The quantitative estimate of drug-likeness (QED) is 0.534. The van der Waals surface area contributed by atoms with E-state index in [9.17, 15) is 0 Å². The van der Waals surface area contributed by atoms with Crippen molar-refractivity contribution in [2.24, 2.45) is 0 Å². The minimum Gasteiger partial charge on any atom is -0.487 e. The minimum atomic E-state index is -0.0119. The number of halogens is 1. The summed E-state index contributed by atoms with van der Waals surface area (Å²) in [5.74, 6) is 1.05. The van der Waals surface area contributed by atoms with E-state index in [0.29, 0.717) is 0 Å². The van der Waals surface area contributed by atoms with Gasteiger partial charge in [0.25, 0.3) is 0 Å². The zero-order valence-corrected chi connectivity index (χ0v) is 17.1. The molecule has 0 unspecified atom stereocenters. The van der Waals surface area contributed by atoms with Gasteiger partial charge in [-0.05, 0) is 66.6 Å². The number of benzene rings is 3. The van der Waals surface area contributed by atoms with Gasteiger partial charge >= 0.3 is 0 Å². The van der Waals surface area contributed by atoms with Crippen molar-refractivity contribution in [2.45, 2.75) is 57.2 Å². The lowest BCUT2D eigenvalue weighted by atomic mass is 9.85. The molecule has 3 heteroatoms. The monoisotopic (exact) mass is 391 g/mol. The Kier molecular flexibility index (Phi) is 4.57. The summed E-state index contributed by atoms with van der Waals surface area (Å²) in [4.78, 5) is 0. The molecule has 1 N–H and O–H groups in total. The number of ether oxygens (including phenoxy) is 1. The maximum atomic E-state index is 6.62. The van der Waals surface area contributed by atoms with Gasteiger partial charge in [-0.25, -0.2) is 0 Å². The van der Waals surface area contributed by atoms with E-state index in [1.54, 1.807) is 0 Å². The maximum absolute atomic E-state index is 6.62. The molecule has 1 aliphatic carbocycles. The van der Waals surface area contributed by atoms with Crippen molar-refractivity contribution in [2.75, 3.05) is 0 Å². The first-order valence-corrected chi connectivity index (χ1v) is 10.7. The largest absolute Gasteiger partial charge is 0.487 e. The van der Waals surface area contributed by atoms with E-state index < -0.39 is 0 Å². The maximum Gasteiger partial charge on any atom is 0.127 e. The SMILES string of the molecule is Cc1cc(Cl)cc2c1OC1(CCCC1)C[C@H]2NCc1cccc2ccccc12.